The minimum atomic E-state index is -0.285. The molecule has 5 heteroatoms. The van der Waals surface area contributed by atoms with Gasteiger partial charge in [-0.05, 0) is 31.7 Å². The molecule has 1 aromatic rings. The van der Waals surface area contributed by atoms with Crippen LogP contribution in [0, 0.1) is 5.92 Å². The van der Waals surface area contributed by atoms with Crippen molar-refractivity contribution in [3.63, 3.8) is 0 Å². The summed E-state index contributed by atoms with van der Waals surface area (Å²) in [6.07, 6.45) is 2.25. The van der Waals surface area contributed by atoms with Gasteiger partial charge in [-0.15, -0.1) is 0 Å². The van der Waals surface area contributed by atoms with Crippen molar-refractivity contribution in [3.8, 4) is 5.75 Å². The van der Waals surface area contributed by atoms with Gasteiger partial charge >= 0.3 is 6.03 Å². The Morgan fingerprint density at radius 3 is 2.77 bits per heavy atom. The molecule has 2 heterocycles. The number of nitrogens with one attached hydrogen (secondary N) is 1. The molecule has 2 unspecified atom stereocenters. The van der Waals surface area contributed by atoms with Crippen LogP contribution in [0.15, 0.2) is 24.3 Å². The van der Waals surface area contributed by atoms with Gasteiger partial charge in [-0.1, -0.05) is 18.2 Å². The molecular formula is C17H24N2O3. The molecule has 0 aliphatic carbocycles. The van der Waals surface area contributed by atoms with Gasteiger partial charge in [-0.2, -0.15) is 0 Å². The zero-order valence-electron chi connectivity index (χ0n) is 13.0. The van der Waals surface area contributed by atoms with Gasteiger partial charge in [0.05, 0.1) is 18.8 Å². The van der Waals surface area contributed by atoms with Gasteiger partial charge in [-0.25, -0.2) is 4.79 Å². The molecule has 0 bridgehead atoms. The van der Waals surface area contributed by atoms with E-state index in [4.69, 9.17) is 4.74 Å². The summed E-state index contributed by atoms with van der Waals surface area (Å²) >= 11 is 0. The summed E-state index contributed by atoms with van der Waals surface area (Å²) < 4.78 is 5.63. The monoisotopic (exact) mass is 304 g/mol. The van der Waals surface area contributed by atoms with Gasteiger partial charge in [0.2, 0.25) is 0 Å². The number of para-hydroxylation sites is 1. The zero-order chi connectivity index (χ0) is 15.5. The lowest BCUT2D eigenvalue weighted by Crippen LogP contribution is -2.47. The van der Waals surface area contributed by atoms with E-state index in [0.29, 0.717) is 25.6 Å². The molecule has 2 atom stereocenters. The third-order valence-corrected chi connectivity index (χ3v) is 4.77. The molecule has 3 rings (SSSR count). The molecule has 0 aromatic heterocycles. The SMILES string of the molecule is CC(O)C1CCN(C(=O)NC2CCOc3ccccc32)CC1. The molecule has 1 fully saturated rings. The maximum absolute atomic E-state index is 12.5. The highest BCUT2D eigenvalue weighted by Crippen LogP contribution is 2.31. The molecule has 120 valence electrons. The van der Waals surface area contributed by atoms with E-state index >= 15 is 0 Å². The number of fused-ring (bicyclic) bond motifs is 1. The number of hydrogen-bond donors (Lipinski definition) is 2. The van der Waals surface area contributed by atoms with Crippen molar-refractivity contribution in [2.24, 2.45) is 5.92 Å². The van der Waals surface area contributed by atoms with E-state index in [1.54, 1.807) is 0 Å². The fourth-order valence-corrected chi connectivity index (χ4v) is 3.32. The fourth-order valence-electron chi connectivity index (χ4n) is 3.32. The Morgan fingerprint density at radius 2 is 2.05 bits per heavy atom. The number of carbonyl (C=O) groups excluding carboxylic acids is 1. The van der Waals surface area contributed by atoms with Crippen LogP contribution in [0.3, 0.4) is 0 Å². The molecule has 2 aliphatic heterocycles. The maximum Gasteiger partial charge on any atom is 0.317 e. The summed E-state index contributed by atoms with van der Waals surface area (Å²) in [5.74, 6) is 1.18. The van der Waals surface area contributed by atoms with E-state index in [0.717, 1.165) is 30.6 Å². The standard InChI is InChI=1S/C17H24N2O3/c1-12(20)13-6-9-19(10-7-13)17(21)18-15-8-11-22-16-5-3-2-4-14(15)16/h2-5,12-13,15,20H,6-11H2,1H3,(H,18,21). The second-order valence-electron chi connectivity index (χ2n) is 6.24. The normalized spacial score (nSPS) is 23.4. The molecule has 2 N–H and O–H groups in total. The van der Waals surface area contributed by atoms with Crippen LogP contribution in [0.4, 0.5) is 4.79 Å². The van der Waals surface area contributed by atoms with Crippen LogP contribution in [-0.4, -0.2) is 41.8 Å². The molecule has 2 aliphatic rings. The van der Waals surface area contributed by atoms with Crippen molar-refractivity contribution in [1.29, 1.82) is 0 Å². The molecule has 2 amide bonds. The Labute approximate surface area is 131 Å². The van der Waals surface area contributed by atoms with E-state index < -0.39 is 0 Å². The minimum Gasteiger partial charge on any atom is -0.493 e. The summed E-state index contributed by atoms with van der Waals surface area (Å²) in [4.78, 5) is 14.3. The number of ether oxygens (including phenoxy) is 1. The Morgan fingerprint density at radius 1 is 1.32 bits per heavy atom. The van der Waals surface area contributed by atoms with Crippen LogP contribution in [0.25, 0.3) is 0 Å². The third kappa shape index (κ3) is 3.19. The first-order chi connectivity index (χ1) is 10.6. The van der Waals surface area contributed by atoms with Crippen LogP contribution in [0.1, 0.15) is 37.8 Å². The predicted molar refractivity (Wildman–Crippen MR) is 83.8 cm³/mol. The zero-order valence-corrected chi connectivity index (χ0v) is 13.0. The predicted octanol–water partition coefficient (Wildman–Crippen LogP) is 2.31. The number of carbonyl (C=O) groups is 1. The number of amides is 2. The third-order valence-electron chi connectivity index (χ3n) is 4.77. The van der Waals surface area contributed by atoms with Crippen molar-refractivity contribution >= 4 is 6.03 Å². The van der Waals surface area contributed by atoms with E-state index in [2.05, 4.69) is 5.32 Å². The lowest BCUT2D eigenvalue weighted by Gasteiger charge is -2.35. The summed E-state index contributed by atoms with van der Waals surface area (Å²) in [7, 11) is 0. The van der Waals surface area contributed by atoms with Crippen molar-refractivity contribution in [3.05, 3.63) is 29.8 Å². The summed E-state index contributed by atoms with van der Waals surface area (Å²) in [6.45, 7) is 3.89. The summed E-state index contributed by atoms with van der Waals surface area (Å²) in [6, 6.07) is 7.89. The lowest BCUT2D eigenvalue weighted by molar-refractivity contribution is 0.0789. The number of nitrogens with zero attached hydrogens (tertiary/aromatic N) is 1. The first-order valence-electron chi connectivity index (χ1n) is 8.10. The van der Waals surface area contributed by atoms with Gasteiger partial charge in [0.1, 0.15) is 5.75 Å². The second kappa shape index (κ2) is 6.57. The molecule has 5 nitrogen and oxygen atoms in total. The lowest BCUT2D eigenvalue weighted by atomic mass is 9.92. The molecule has 0 radical (unpaired) electrons. The number of benzene rings is 1. The van der Waals surface area contributed by atoms with Crippen molar-refractivity contribution < 1.29 is 14.6 Å². The van der Waals surface area contributed by atoms with Crippen molar-refractivity contribution in [1.82, 2.24) is 10.2 Å². The smallest absolute Gasteiger partial charge is 0.317 e. The Hall–Kier alpha value is -1.75. The number of piperidine rings is 1. The fraction of sp³-hybridized carbons (Fsp3) is 0.588. The van der Waals surface area contributed by atoms with Crippen LogP contribution in [-0.2, 0) is 0 Å². The molecule has 1 aromatic carbocycles. The van der Waals surface area contributed by atoms with Gasteiger partial charge in [0, 0.05) is 25.1 Å². The molecule has 0 saturated carbocycles. The first kappa shape index (κ1) is 15.2. The largest absolute Gasteiger partial charge is 0.493 e. The van der Waals surface area contributed by atoms with Gasteiger partial charge in [-0.3, -0.25) is 0 Å². The van der Waals surface area contributed by atoms with E-state index in [-0.39, 0.29) is 18.2 Å². The Balaban J connectivity index is 1.59. The van der Waals surface area contributed by atoms with Gasteiger partial charge < -0.3 is 20.1 Å². The van der Waals surface area contributed by atoms with Crippen LogP contribution < -0.4 is 10.1 Å². The number of aliphatic hydroxyl groups is 1. The highest BCUT2D eigenvalue weighted by molar-refractivity contribution is 5.75. The average molecular weight is 304 g/mol. The van der Waals surface area contributed by atoms with Crippen molar-refractivity contribution in [2.75, 3.05) is 19.7 Å². The van der Waals surface area contributed by atoms with E-state index in [1.165, 1.54) is 0 Å². The quantitative estimate of drug-likeness (QED) is 0.881. The summed E-state index contributed by atoms with van der Waals surface area (Å²) in [5, 5.41) is 12.8. The molecule has 1 saturated heterocycles. The van der Waals surface area contributed by atoms with Crippen LogP contribution in [0.2, 0.25) is 0 Å². The minimum absolute atomic E-state index is 0.00857. The Bertz CT molecular complexity index is 524. The number of hydrogen-bond acceptors (Lipinski definition) is 3. The first-order valence-corrected chi connectivity index (χ1v) is 8.10. The number of aliphatic hydroxyl groups excluding tert-OH is 1. The van der Waals surface area contributed by atoms with E-state index in [9.17, 15) is 9.90 Å². The average Bonchev–Trinajstić information content (AvgIpc) is 2.55. The Kier molecular flexibility index (Phi) is 4.52. The number of likely N-dealkylation sites (tertiary alicyclic amines) is 1. The van der Waals surface area contributed by atoms with Crippen LogP contribution >= 0.6 is 0 Å². The number of urea groups is 1. The highest BCUT2D eigenvalue weighted by Gasteiger charge is 2.28. The van der Waals surface area contributed by atoms with Gasteiger partial charge in [0.15, 0.2) is 0 Å². The van der Waals surface area contributed by atoms with E-state index in [1.807, 2.05) is 36.1 Å². The number of rotatable bonds is 2. The molecular weight excluding hydrogens is 280 g/mol. The molecule has 0 spiro atoms. The van der Waals surface area contributed by atoms with Crippen molar-refractivity contribution in [2.45, 2.75) is 38.3 Å². The summed E-state index contributed by atoms with van der Waals surface area (Å²) in [5.41, 5.74) is 1.06. The van der Waals surface area contributed by atoms with Crippen LogP contribution in [0.5, 0.6) is 5.75 Å². The van der Waals surface area contributed by atoms with Gasteiger partial charge in [0.25, 0.3) is 0 Å². The maximum atomic E-state index is 12.5. The second-order valence-corrected chi connectivity index (χ2v) is 6.24. The molecule has 22 heavy (non-hydrogen) atoms. The highest BCUT2D eigenvalue weighted by atomic mass is 16.5. The topological polar surface area (TPSA) is 61.8 Å².